The minimum atomic E-state index is -0.0611. The zero-order valence-corrected chi connectivity index (χ0v) is 19.7. The highest BCUT2D eigenvalue weighted by molar-refractivity contribution is 9.10. The number of rotatable bonds is 5. The van der Waals surface area contributed by atoms with Crippen molar-refractivity contribution in [2.24, 2.45) is 0 Å². The van der Waals surface area contributed by atoms with Gasteiger partial charge < -0.3 is 9.80 Å². The molecule has 0 unspecified atom stereocenters. The first kappa shape index (κ1) is 21.1. The standard InChI is InChI=1S/C21H21Br2N5O2/c1-26-5-7-27(8-6-26)21(30)13-28-12-15-9-14(16(22)11-18(15)25-28)10-19(29)17-3-2-4-20(23)24-17/h2-4,9,11-12H,5-8,10,13H2,1H3. The monoisotopic (exact) mass is 533 g/mol. The second kappa shape index (κ2) is 8.95. The van der Waals surface area contributed by atoms with Crippen LogP contribution in [0.4, 0.5) is 0 Å². The molecule has 3 heterocycles. The summed E-state index contributed by atoms with van der Waals surface area (Å²) in [7, 11) is 2.06. The molecule has 1 aromatic carbocycles. The third-order valence-electron chi connectivity index (χ3n) is 5.23. The lowest BCUT2D eigenvalue weighted by molar-refractivity contribution is -0.133. The third-order valence-corrected chi connectivity index (χ3v) is 6.40. The molecule has 156 valence electrons. The molecule has 1 amide bonds. The van der Waals surface area contributed by atoms with Crippen molar-refractivity contribution >= 4 is 54.5 Å². The summed E-state index contributed by atoms with van der Waals surface area (Å²) < 4.78 is 3.13. The maximum absolute atomic E-state index is 12.6. The molecule has 1 aliphatic rings. The minimum absolute atomic E-state index is 0.0611. The topological polar surface area (TPSA) is 71.3 Å². The number of hydrogen-bond donors (Lipinski definition) is 0. The maximum Gasteiger partial charge on any atom is 0.244 e. The van der Waals surface area contributed by atoms with E-state index in [4.69, 9.17) is 0 Å². The fourth-order valence-electron chi connectivity index (χ4n) is 3.48. The number of benzene rings is 1. The minimum Gasteiger partial charge on any atom is -0.339 e. The molecule has 0 N–H and O–H groups in total. The van der Waals surface area contributed by atoms with Crippen molar-refractivity contribution in [3.8, 4) is 0 Å². The summed E-state index contributed by atoms with van der Waals surface area (Å²) in [5.41, 5.74) is 2.06. The lowest BCUT2D eigenvalue weighted by Crippen LogP contribution is -2.48. The molecule has 2 aromatic heterocycles. The van der Waals surface area contributed by atoms with Crippen molar-refractivity contribution in [2.75, 3.05) is 33.2 Å². The van der Waals surface area contributed by atoms with Gasteiger partial charge in [-0.2, -0.15) is 5.10 Å². The van der Waals surface area contributed by atoms with Crippen molar-refractivity contribution in [3.63, 3.8) is 0 Å². The molecule has 0 bridgehead atoms. The third kappa shape index (κ3) is 4.79. The number of carbonyl (C=O) groups is 2. The van der Waals surface area contributed by atoms with Crippen LogP contribution in [0.2, 0.25) is 0 Å². The van der Waals surface area contributed by atoms with Gasteiger partial charge in [-0.25, -0.2) is 4.98 Å². The van der Waals surface area contributed by atoms with Gasteiger partial charge in [0.25, 0.3) is 0 Å². The zero-order valence-electron chi connectivity index (χ0n) is 16.5. The van der Waals surface area contributed by atoms with E-state index in [1.807, 2.05) is 23.2 Å². The first-order valence-electron chi connectivity index (χ1n) is 9.67. The summed E-state index contributed by atoms with van der Waals surface area (Å²) in [4.78, 5) is 33.6. The molecule has 1 saturated heterocycles. The van der Waals surface area contributed by atoms with Crippen LogP contribution >= 0.6 is 31.9 Å². The van der Waals surface area contributed by atoms with Gasteiger partial charge in [0.2, 0.25) is 5.91 Å². The Bertz CT molecular complexity index is 1110. The van der Waals surface area contributed by atoms with Crippen LogP contribution in [-0.2, 0) is 17.8 Å². The molecule has 0 spiro atoms. The summed E-state index contributed by atoms with van der Waals surface area (Å²) in [5.74, 6) is 0.0140. The van der Waals surface area contributed by atoms with Crippen molar-refractivity contribution in [1.29, 1.82) is 0 Å². The van der Waals surface area contributed by atoms with E-state index < -0.39 is 0 Å². The van der Waals surface area contributed by atoms with Gasteiger partial charge >= 0.3 is 0 Å². The van der Waals surface area contributed by atoms with Gasteiger partial charge in [0, 0.05) is 48.7 Å². The Balaban J connectivity index is 1.50. The van der Waals surface area contributed by atoms with E-state index in [9.17, 15) is 9.59 Å². The van der Waals surface area contributed by atoms with E-state index in [1.54, 1.807) is 22.9 Å². The lowest BCUT2D eigenvalue weighted by atomic mass is 10.1. The van der Waals surface area contributed by atoms with E-state index in [1.165, 1.54) is 0 Å². The normalized spacial score (nSPS) is 15.0. The molecule has 7 nitrogen and oxygen atoms in total. The number of ketones is 1. The number of halogens is 2. The zero-order chi connectivity index (χ0) is 21.3. The first-order chi connectivity index (χ1) is 14.4. The molecule has 4 rings (SSSR count). The van der Waals surface area contributed by atoms with Crippen molar-refractivity contribution in [1.82, 2.24) is 24.6 Å². The Kier molecular flexibility index (Phi) is 6.31. The van der Waals surface area contributed by atoms with Crippen molar-refractivity contribution < 1.29 is 9.59 Å². The van der Waals surface area contributed by atoms with Gasteiger partial charge in [0.15, 0.2) is 5.78 Å². The number of hydrogen-bond acceptors (Lipinski definition) is 5. The van der Waals surface area contributed by atoms with Gasteiger partial charge in [0.1, 0.15) is 16.8 Å². The van der Waals surface area contributed by atoms with Crippen LogP contribution in [0.3, 0.4) is 0 Å². The van der Waals surface area contributed by atoms with Gasteiger partial charge in [-0.05, 0) is 52.8 Å². The maximum atomic E-state index is 12.6. The number of aromatic nitrogens is 3. The van der Waals surface area contributed by atoms with Crippen LogP contribution in [0.25, 0.3) is 10.9 Å². The molecular formula is C21H21Br2N5O2. The first-order valence-corrected chi connectivity index (χ1v) is 11.3. The summed E-state index contributed by atoms with van der Waals surface area (Å²) in [6.45, 7) is 3.50. The van der Waals surface area contributed by atoms with Gasteiger partial charge in [0.05, 0.1) is 5.52 Å². The number of nitrogens with zero attached hydrogens (tertiary/aromatic N) is 5. The van der Waals surface area contributed by atoms with E-state index in [-0.39, 0.29) is 24.7 Å². The molecular weight excluding hydrogens is 514 g/mol. The van der Waals surface area contributed by atoms with E-state index in [0.717, 1.165) is 47.1 Å². The highest BCUT2D eigenvalue weighted by Crippen LogP contribution is 2.25. The van der Waals surface area contributed by atoms with Crippen LogP contribution in [0.15, 0.2) is 45.6 Å². The smallest absolute Gasteiger partial charge is 0.244 e. The summed E-state index contributed by atoms with van der Waals surface area (Å²) in [5, 5.41) is 5.44. The number of fused-ring (bicyclic) bond motifs is 1. The van der Waals surface area contributed by atoms with Crippen molar-refractivity contribution in [2.45, 2.75) is 13.0 Å². The van der Waals surface area contributed by atoms with Gasteiger partial charge in [-0.3, -0.25) is 14.3 Å². The molecule has 0 saturated carbocycles. The van der Waals surface area contributed by atoms with Gasteiger partial charge in [-0.1, -0.05) is 22.0 Å². The number of piperazine rings is 1. The summed E-state index contributed by atoms with van der Waals surface area (Å²) >= 11 is 6.85. The Morgan fingerprint density at radius 3 is 2.60 bits per heavy atom. The molecule has 1 fully saturated rings. The van der Waals surface area contributed by atoms with Crippen LogP contribution < -0.4 is 0 Å². The highest BCUT2D eigenvalue weighted by atomic mass is 79.9. The highest BCUT2D eigenvalue weighted by Gasteiger charge is 2.20. The second-order valence-corrected chi connectivity index (χ2v) is 9.13. The number of carbonyl (C=O) groups excluding carboxylic acids is 2. The summed E-state index contributed by atoms with van der Waals surface area (Å²) in [6.07, 6.45) is 2.09. The Morgan fingerprint density at radius 2 is 1.87 bits per heavy atom. The Hall–Kier alpha value is -2.10. The van der Waals surface area contributed by atoms with E-state index >= 15 is 0 Å². The molecule has 0 radical (unpaired) electrons. The quantitative estimate of drug-likeness (QED) is 0.371. The van der Waals surface area contributed by atoms with Crippen molar-refractivity contribution in [3.05, 3.63) is 56.9 Å². The largest absolute Gasteiger partial charge is 0.339 e. The molecule has 1 aliphatic heterocycles. The van der Waals surface area contributed by atoms with E-state index in [2.05, 4.69) is 53.9 Å². The SMILES string of the molecule is CN1CCN(C(=O)Cn2cc3cc(CC(=O)c4cccc(Br)n4)c(Br)cc3n2)CC1. The Morgan fingerprint density at radius 1 is 1.10 bits per heavy atom. The predicted octanol–water partition coefficient (Wildman–Crippen LogP) is 3.16. The number of likely N-dealkylation sites (N-methyl/N-ethyl adjacent to an activating group) is 1. The fourth-order valence-corrected chi connectivity index (χ4v) is 4.30. The van der Waals surface area contributed by atoms with Crippen LogP contribution in [-0.4, -0.2) is 69.5 Å². The second-order valence-electron chi connectivity index (χ2n) is 7.46. The van der Waals surface area contributed by atoms with Crippen LogP contribution in [0.1, 0.15) is 16.1 Å². The van der Waals surface area contributed by atoms with Gasteiger partial charge in [-0.15, -0.1) is 0 Å². The van der Waals surface area contributed by atoms with E-state index in [0.29, 0.717) is 10.3 Å². The summed E-state index contributed by atoms with van der Waals surface area (Å²) in [6, 6.07) is 9.13. The lowest BCUT2D eigenvalue weighted by Gasteiger charge is -2.32. The average Bonchev–Trinajstić information content (AvgIpc) is 3.09. The molecule has 3 aromatic rings. The van der Waals surface area contributed by atoms with Crippen LogP contribution in [0, 0.1) is 0 Å². The number of pyridine rings is 1. The van der Waals surface area contributed by atoms with Crippen LogP contribution in [0.5, 0.6) is 0 Å². The molecule has 0 aliphatic carbocycles. The molecule has 9 heteroatoms. The average molecular weight is 535 g/mol. The molecule has 30 heavy (non-hydrogen) atoms. The number of amides is 1. The fraction of sp³-hybridized carbons (Fsp3) is 0.333. The predicted molar refractivity (Wildman–Crippen MR) is 121 cm³/mol. The molecule has 0 atom stereocenters. The number of Topliss-reactive ketones (excluding diaryl/α,β-unsaturated/α-hetero) is 1. The Labute approximate surface area is 191 Å².